The number of amides is 1. The van der Waals surface area contributed by atoms with Crippen molar-refractivity contribution in [2.75, 3.05) is 54.9 Å². The monoisotopic (exact) mass is 558 g/mol. The summed E-state index contributed by atoms with van der Waals surface area (Å²) < 4.78 is 15.4. The maximum absolute atomic E-state index is 11.7. The van der Waals surface area contributed by atoms with Gasteiger partial charge in [0.25, 0.3) is 0 Å². The Morgan fingerprint density at radius 2 is 1.87 bits per heavy atom. The zero-order valence-corrected chi connectivity index (χ0v) is 22.1. The molecule has 4 N–H and O–H groups in total. The fourth-order valence-electron chi connectivity index (χ4n) is 4.00. The first-order chi connectivity index (χ1) is 18.2. The van der Waals surface area contributed by atoms with Crippen molar-refractivity contribution in [3.8, 4) is 11.3 Å². The molecule has 1 aliphatic heterocycles. The Hall–Kier alpha value is -3.31. The van der Waals surface area contributed by atoms with Gasteiger partial charge < -0.3 is 25.3 Å². The molecule has 1 aromatic heterocycles. The molecule has 4 rings (SSSR count). The van der Waals surface area contributed by atoms with Gasteiger partial charge in [-0.2, -0.15) is 0 Å². The van der Waals surface area contributed by atoms with Crippen LogP contribution in [0.4, 0.5) is 23.0 Å². The zero-order chi connectivity index (χ0) is 27.1. The van der Waals surface area contributed by atoms with Crippen LogP contribution in [0, 0.1) is 0 Å². The van der Waals surface area contributed by atoms with Crippen molar-refractivity contribution in [2.24, 2.45) is 0 Å². The summed E-state index contributed by atoms with van der Waals surface area (Å²) in [6, 6.07) is 15.1. The van der Waals surface area contributed by atoms with E-state index >= 15 is 0 Å². The second-order valence-corrected chi connectivity index (χ2v) is 10.1. The zero-order valence-electron chi connectivity index (χ0n) is 20.5. The van der Waals surface area contributed by atoms with Crippen LogP contribution >= 0.6 is 19.4 Å². The molecule has 1 aliphatic rings. The predicted octanol–water partition coefficient (Wildman–Crippen LogP) is 3.90. The number of carbonyl (C=O) groups is 1. The van der Waals surface area contributed by atoms with Gasteiger partial charge in [0.15, 0.2) is 0 Å². The first-order valence-corrected chi connectivity index (χ1v) is 13.7. The molecule has 0 aliphatic carbocycles. The lowest BCUT2D eigenvalue weighted by Crippen LogP contribution is -2.47. The summed E-state index contributed by atoms with van der Waals surface area (Å²) in [6.07, 6.45) is 2.73. The lowest BCUT2D eigenvalue weighted by Gasteiger charge is -2.36. The number of hydrogen-bond donors (Lipinski definition) is 4. The van der Waals surface area contributed by atoms with Crippen molar-refractivity contribution in [1.82, 2.24) is 14.9 Å². The van der Waals surface area contributed by atoms with E-state index in [9.17, 15) is 9.36 Å². The molecule has 1 amide bonds. The van der Waals surface area contributed by atoms with Crippen LogP contribution in [-0.2, 0) is 13.9 Å². The van der Waals surface area contributed by atoms with Gasteiger partial charge in [-0.25, -0.2) is 14.5 Å². The van der Waals surface area contributed by atoms with Gasteiger partial charge in [0.05, 0.1) is 23.5 Å². The number of hydrogen-bond acceptors (Lipinski definition) is 8. The smallest absolute Gasteiger partial charge is 0.369 e. The third-order valence-electron chi connectivity index (χ3n) is 5.84. The van der Waals surface area contributed by atoms with Gasteiger partial charge in [0, 0.05) is 55.3 Å². The number of phosphoric ester groups is 1. The average molecular weight is 559 g/mol. The van der Waals surface area contributed by atoms with Gasteiger partial charge in [-0.1, -0.05) is 36.4 Å². The Bertz CT molecular complexity index is 1350. The highest BCUT2D eigenvalue weighted by molar-refractivity contribution is 7.46. The number of halogens is 1. The van der Waals surface area contributed by atoms with E-state index in [4.69, 9.17) is 21.4 Å². The second kappa shape index (κ2) is 12.5. The van der Waals surface area contributed by atoms with Crippen LogP contribution in [-0.4, -0.2) is 69.9 Å². The van der Waals surface area contributed by atoms with Crippen molar-refractivity contribution in [3.63, 3.8) is 0 Å². The summed E-state index contributed by atoms with van der Waals surface area (Å²) in [6.45, 7) is 6.93. The first-order valence-electron chi connectivity index (χ1n) is 11.8. The lowest BCUT2D eigenvalue weighted by molar-refractivity contribution is -0.111. The molecule has 3 aromatic rings. The number of nitrogens with zero attached hydrogens (tertiary/aromatic N) is 4. The van der Waals surface area contributed by atoms with E-state index in [1.54, 1.807) is 18.2 Å². The third-order valence-corrected chi connectivity index (χ3v) is 6.64. The third kappa shape index (κ3) is 7.84. The van der Waals surface area contributed by atoms with E-state index in [0.29, 0.717) is 28.9 Å². The fourth-order valence-corrected chi connectivity index (χ4v) is 4.51. The van der Waals surface area contributed by atoms with E-state index in [0.717, 1.165) is 43.1 Å². The van der Waals surface area contributed by atoms with Crippen LogP contribution in [0.15, 0.2) is 67.4 Å². The Morgan fingerprint density at radius 3 is 2.61 bits per heavy atom. The van der Waals surface area contributed by atoms with E-state index in [2.05, 4.69) is 41.5 Å². The van der Waals surface area contributed by atoms with Gasteiger partial charge in [-0.3, -0.25) is 14.2 Å². The SMILES string of the molecule is C=CC(=O)Nc1cccc(-c2nc(Nc3cccc(N4CCN(CCOP(=O)(O)O)CC4)c3)ncc2Cl)c1. The molecular formula is C25H28ClN6O5P. The number of anilines is 4. The minimum absolute atomic E-state index is 0.0134. The molecule has 0 radical (unpaired) electrons. The molecule has 0 unspecified atom stereocenters. The minimum atomic E-state index is -4.44. The van der Waals surface area contributed by atoms with E-state index in [-0.39, 0.29) is 12.5 Å². The van der Waals surface area contributed by atoms with Crippen molar-refractivity contribution >= 4 is 48.3 Å². The highest BCUT2D eigenvalue weighted by Crippen LogP contribution is 2.35. The largest absolute Gasteiger partial charge is 0.469 e. The Balaban J connectivity index is 1.41. The summed E-state index contributed by atoms with van der Waals surface area (Å²) in [7, 11) is -4.44. The van der Waals surface area contributed by atoms with Gasteiger partial charge in [0.1, 0.15) is 0 Å². The van der Waals surface area contributed by atoms with Crippen LogP contribution in [0.1, 0.15) is 0 Å². The molecule has 0 spiro atoms. The number of carbonyl (C=O) groups excluding carboxylic acids is 1. The number of rotatable bonds is 10. The molecule has 200 valence electrons. The van der Waals surface area contributed by atoms with Gasteiger partial charge in [0.2, 0.25) is 11.9 Å². The second-order valence-electron chi connectivity index (χ2n) is 8.49. The summed E-state index contributed by atoms with van der Waals surface area (Å²) in [5, 5.41) is 6.34. The van der Waals surface area contributed by atoms with Gasteiger partial charge in [-0.05, 0) is 36.4 Å². The number of phosphoric acid groups is 1. The maximum Gasteiger partial charge on any atom is 0.469 e. The number of benzene rings is 2. The molecule has 2 aromatic carbocycles. The predicted molar refractivity (Wildman–Crippen MR) is 148 cm³/mol. The van der Waals surface area contributed by atoms with Crippen LogP contribution in [0.3, 0.4) is 0 Å². The van der Waals surface area contributed by atoms with E-state index < -0.39 is 7.82 Å². The molecule has 13 heteroatoms. The van der Waals surface area contributed by atoms with E-state index in [1.165, 1.54) is 12.3 Å². The molecular weight excluding hydrogens is 531 g/mol. The van der Waals surface area contributed by atoms with Crippen LogP contribution < -0.4 is 15.5 Å². The quantitative estimate of drug-likeness (QED) is 0.214. The van der Waals surface area contributed by atoms with Crippen molar-refractivity contribution < 1.29 is 23.7 Å². The molecule has 0 saturated carbocycles. The van der Waals surface area contributed by atoms with Crippen molar-refractivity contribution in [2.45, 2.75) is 0 Å². The lowest BCUT2D eigenvalue weighted by atomic mass is 10.1. The summed E-state index contributed by atoms with van der Waals surface area (Å²) in [5.74, 6) is 0.0606. The van der Waals surface area contributed by atoms with E-state index in [1.807, 2.05) is 30.3 Å². The Kier molecular flexibility index (Phi) is 9.11. The first kappa shape index (κ1) is 27.7. The highest BCUT2D eigenvalue weighted by Gasteiger charge is 2.19. The number of piperazine rings is 1. The van der Waals surface area contributed by atoms with Gasteiger partial charge >= 0.3 is 7.82 Å². The molecule has 1 saturated heterocycles. The number of nitrogens with one attached hydrogen (secondary N) is 2. The number of aromatic nitrogens is 2. The Labute approximate surface area is 225 Å². The molecule has 11 nitrogen and oxygen atoms in total. The normalized spacial score (nSPS) is 14.2. The molecule has 1 fully saturated rings. The van der Waals surface area contributed by atoms with Crippen LogP contribution in [0.5, 0.6) is 0 Å². The van der Waals surface area contributed by atoms with Crippen molar-refractivity contribution in [3.05, 3.63) is 72.4 Å². The van der Waals surface area contributed by atoms with Crippen LogP contribution in [0.25, 0.3) is 11.3 Å². The molecule has 2 heterocycles. The van der Waals surface area contributed by atoms with Crippen molar-refractivity contribution in [1.29, 1.82) is 0 Å². The maximum atomic E-state index is 11.7. The highest BCUT2D eigenvalue weighted by atomic mass is 35.5. The standard InChI is InChI=1S/C25H28ClN6O5P/c1-2-23(33)28-19-6-3-5-18(15-19)24-22(26)17-27-25(30-24)29-20-7-4-8-21(16-20)32-11-9-31(10-12-32)13-14-37-38(34,35)36/h2-8,15-17H,1,9-14H2,(H,28,33)(H,27,29,30)(H2,34,35,36). The van der Waals surface area contributed by atoms with Crippen LogP contribution in [0.2, 0.25) is 5.02 Å². The average Bonchev–Trinajstić information content (AvgIpc) is 2.90. The molecule has 38 heavy (non-hydrogen) atoms. The fraction of sp³-hybridized carbons (Fsp3) is 0.240. The summed E-state index contributed by atoms with van der Waals surface area (Å²) in [5.41, 5.74) is 3.67. The topological polar surface area (TPSA) is 140 Å². The summed E-state index contributed by atoms with van der Waals surface area (Å²) >= 11 is 6.40. The Morgan fingerprint density at radius 1 is 1.13 bits per heavy atom. The summed E-state index contributed by atoms with van der Waals surface area (Å²) in [4.78, 5) is 42.6. The minimum Gasteiger partial charge on any atom is -0.369 e. The van der Waals surface area contributed by atoms with Gasteiger partial charge in [-0.15, -0.1) is 0 Å². The molecule has 0 bridgehead atoms. The molecule has 0 atom stereocenters.